The largest absolute Gasteiger partial charge is 0.433 e. The minimum atomic E-state index is -1.12. The van der Waals surface area contributed by atoms with Gasteiger partial charge in [0, 0.05) is 5.56 Å². The van der Waals surface area contributed by atoms with Crippen LogP contribution >= 0.6 is 0 Å². The smallest absolute Gasteiger partial charge is 0.340 e. The van der Waals surface area contributed by atoms with Crippen molar-refractivity contribution in [2.24, 2.45) is 0 Å². The fourth-order valence-electron chi connectivity index (χ4n) is 1.97. The molecule has 1 aliphatic rings. The molecule has 3 rings (SSSR count). The normalized spacial score (nSPS) is 17.1. The van der Waals surface area contributed by atoms with Crippen LogP contribution < -0.4 is 11.2 Å². The molecule has 1 atom stereocenters. The zero-order chi connectivity index (χ0) is 13.6. The summed E-state index contributed by atoms with van der Waals surface area (Å²) < 4.78 is 19.1. The number of hydrogen-bond donors (Lipinski definition) is 1. The predicted molar refractivity (Wildman–Crippen MR) is 61.3 cm³/mol. The van der Waals surface area contributed by atoms with Crippen LogP contribution in [-0.2, 0) is 4.74 Å². The van der Waals surface area contributed by atoms with Gasteiger partial charge in [0.1, 0.15) is 0 Å². The van der Waals surface area contributed by atoms with E-state index in [1.54, 1.807) is 24.3 Å². The third kappa shape index (κ3) is 1.67. The molecule has 0 bridgehead atoms. The highest BCUT2D eigenvalue weighted by atomic mass is 19.1. The summed E-state index contributed by atoms with van der Waals surface area (Å²) in [6.07, 6.45) is -0.344. The highest BCUT2D eigenvalue weighted by molar-refractivity contribution is 5.93. The number of aromatic nitrogens is 2. The fourth-order valence-corrected chi connectivity index (χ4v) is 1.97. The number of hydrogen-bond acceptors (Lipinski definition) is 4. The van der Waals surface area contributed by atoms with E-state index >= 15 is 0 Å². The Morgan fingerprint density at radius 3 is 2.74 bits per heavy atom. The van der Waals surface area contributed by atoms with E-state index in [1.165, 1.54) is 0 Å². The number of carbonyl (C=O) groups is 1. The van der Waals surface area contributed by atoms with Crippen molar-refractivity contribution >= 4 is 5.97 Å². The van der Waals surface area contributed by atoms with Crippen LogP contribution in [0.3, 0.4) is 0 Å². The molecule has 0 fully saturated rings. The Morgan fingerprint density at radius 1 is 1.21 bits per heavy atom. The van der Waals surface area contributed by atoms with Crippen molar-refractivity contribution in [1.82, 2.24) is 9.55 Å². The maximum atomic E-state index is 13.2. The summed E-state index contributed by atoms with van der Waals surface area (Å²) in [5, 5.41) is 0. The number of cyclic esters (lactones) is 1. The molecule has 0 radical (unpaired) electrons. The number of nitrogens with zero attached hydrogens (tertiary/aromatic N) is 1. The zero-order valence-electron chi connectivity index (χ0n) is 9.42. The average Bonchev–Trinajstić information content (AvgIpc) is 2.72. The molecule has 2 heterocycles. The molecule has 1 aliphatic heterocycles. The van der Waals surface area contributed by atoms with Gasteiger partial charge in [-0.3, -0.25) is 14.3 Å². The summed E-state index contributed by atoms with van der Waals surface area (Å²) in [5.74, 6) is -1.72. The van der Waals surface area contributed by atoms with E-state index in [0.29, 0.717) is 11.1 Å². The minimum absolute atomic E-state index is 0.311. The second-order valence-corrected chi connectivity index (χ2v) is 3.99. The average molecular weight is 262 g/mol. The Labute approximate surface area is 105 Å². The summed E-state index contributed by atoms with van der Waals surface area (Å²) >= 11 is 0. The number of rotatable bonds is 1. The molecule has 1 aromatic heterocycles. The summed E-state index contributed by atoms with van der Waals surface area (Å²) in [4.78, 5) is 36.0. The van der Waals surface area contributed by atoms with Gasteiger partial charge in [0.15, 0.2) is 0 Å². The van der Waals surface area contributed by atoms with Crippen molar-refractivity contribution in [2.75, 3.05) is 0 Å². The van der Waals surface area contributed by atoms with Crippen LogP contribution in [0.2, 0.25) is 0 Å². The van der Waals surface area contributed by atoms with Crippen LogP contribution in [0.25, 0.3) is 0 Å². The molecule has 0 aliphatic carbocycles. The van der Waals surface area contributed by atoms with Crippen LogP contribution in [0.1, 0.15) is 22.1 Å². The third-order valence-electron chi connectivity index (χ3n) is 2.84. The number of halogens is 1. The third-order valence-corrected chi connectivity index (χ3v) is 2.84. The molecule has 0 saturated heterocycles. The molecule has 7 heteroatoms. The summed E-state index contributed by atoms with van der Waals surface area (Å²) in [5.41, 5.74) is -1.20. The first kappa shape index (κ1) is 11.4. The van der Waals surface area contributed by atoms with Crippen molar-refractivity contribution in [3.8, 4) is 0 Å². The highest BCUT2D eigenvalue weighted by Gasteiger charge is 2.32. The second-order valence-electron chi connectivity index (χ2n) is 3.99. The van der Waals surface area contributed by atoms with Crippen molar-refractivity contribution in [2.45, 2.75) is 6.23 Å². The van der Waals surface area contributed by atoms with Crippen LogP contribution in [0.4, 0.5) is 4.39 Å². The Kier molecular flexibility index (Phi) is 2.34. The molecule has 6 nitrogen and oxygen atoms in total. The number of nitrogens with one attached hydrogen (secondary N) is 1. The lowest BCUT2D eigenvalue weighted by Crippen LogP contribution is -2.34. The molecule has 19 heavy (non-hydrogen) atoms. The summed E-state index contributed by atoms with van der Waals surface area (Å²) in [6.45, 7) is 0. The number of aromatic amines is 1. The van der Waals surface area contributed by atoms with E-state index < -0.39 is 29.3 Å². The van der Waals surface area contributed by atoms with E-state index in [1.807, 2.05) is 4.98 Å². The molecule has 1 aromatic carbocycles. The molecule has 1 N–H and O–H groups in total. The molecule has 96 valence electrons. The monoisotopic (exact) mass is 262 g/mol. The Bertz CT molecular complexity index is 793. The lowest BCUT2D eigenvalue weighted by Gasteiger charge is -2.13. The van der Waals surface area contributed by atoms with E-state index in [2.05, 4.69) is 0 Å². The molecular formula is C12H7FN2O4. The first-order valence-corrected chi connectivity index (χ1v) is 5.39. The lowest BCUT2D eigenvalue weighted by atomic mass is 10.1. The standard InChI is InChI=1S/C12H7FN2O4/c13-8-5-15(12(18)14-9(8)16)10-6-3-1-2-4-7(6)11(17)19-10/h1-5,10H,(H,14,16,18). The van der Waals surface area contributed by atoms with E-state index in [-0.39, 0.29) is 0 Å². The number of ether oxygens (including phenoxy) is 1. The van der Waals surface area contributed by atoms with Crippen molar-refractivity contribution in [3.05, 3.63) is 68.2 Å². The molecule has 0 amide bonds. The van der Waals surface area contributed by atoms with Gasteiger partial charge in [-0.1, -0.05) is 18.2 Å². The van der Waals surface area contributed by atoms with Crippen LogP contribution in [0, 0.1) is 5.82 Å². The van der Waals surface area contributed by atoms with E-state index in [9.17, 15) is 18.8 Å². The Hall–Kier alpha value is -2.70. The van der Waals surface area contributed by atoms with Gasteiger partial charge in [0.2, 0.25) is 12.0 Å². The van der Waals surface area contributed by atoms with Crippen LogP contribution in [-0.4, -0.2) is 15.5 Å². The summed E-state index contributed by atoms with van der Waals surface area (Å²) in [6, 6.07) is 6.46. The van der Waals surface area contributed by atoms with Gasteiger partial charge < -0.3 is 4.74 Å². The molecule has 2 aromatic rings. The molecule has 1 unspecified atom stereocenters. The zero-order valence-corrected chi connectivity index (χ0v) is 9.42. The van der Waals surface area contributed by atoms with Gasteiger partial charge in [0.05, 0.1) is 11.8 Å². The van der Waals surface area contributed by atoms with Gasteiger partial charge in [0.25, 0.3) is 5.56 Å². The summed E-state index contributed by atoms with van der Waals surface area (Å²) in [7, 11) is 0. The number of H-pyrrole nitrogens is 1. The number of carbonyl (C=O) groups excluding carboxylic acids is 1. The van der Waals surface area contributed by atoms with Crippen molar-refractivity contribution in [3.63, 3.8) is 0 Å². The minimum Gasteiger partial charge on any atom is -0.433 e. The maximum absolute atomic E-state index is 13.2. The highest BCUT2D eigenvalue weighted by Crippen LogP contribution is 2.30. The quantitative estimate of drug-likeness (QED) is 0.754. The number of esters is 1. The van der Waals surface area contributed by atoms with E-state index in [4.69, 9.17) is 4.74 Å². The molecular weight excluding hydrogens is 255 g/mol. The lowest BCUT2D eigenvalue weighted by molar-refractivity contribution is 0.0307. The first-order valence-electron chi connectivity index (χ1n) is 5.39. The van der Waals surface area contributed by atoms with E-state index in [0.717, 1.165) is 10.8 Å². The Morgan fingerprint density at radius 2 is 1.95 bits per heavy atom. The van der Waals surface area contributed by atoms with Gasteiger partial charge in [-0.2, -0.15) is 4.39 Å². The number of benzene rings is 1. The van der Waals surface area contributed by atoms with Gasteiger partial charge in [-0.15, -0.1) is 0 Å². The topological polar surface area (TPSA) is 81.2 Å². The number of fused-ring (bicyclic) bond motifs is 1. The van der Waals surface area contributed by atoms with Crippen molar-refractivity contribution < 1.29 is 13.9 Å². The van der Waals surface area contributed by atoms with Gasteiger partial charge in [-0.25, -0.2) is 9.59 Å². The van der Waals surface area contributed by atoms with Crippen molar-refractivity contribution in [1.29, 1.82) is 0 Å². The van der Waals surface area contributed by atoms with Gasteiger partial charge in [-0.05, 0) is 6.07 Å². The molecule has 0 spiro atoms. The first-order chi connectivity index (χ1) is 9.08. The fraction of sp³-hybridized carbons (Fsp3) is 0.0833. The predicted octanol–water partition coefficient (Wildman–Crippen LogP) is 0.393. The Balaban J connectivity index is 2.21. The van der Waals surface area contributed by atoms with Crippen LogP contribution in [0.5, 0.6) is 0 Å². The maximum Gasteiger partial charge on any atom is 0.340 e. The van der Waals surface area contributed by atoms with Gasteiger partial charge >= 0.3 is 11.7 Å². The second kappa shape index (κ2) is 3.91. The SMILES string of the molecule is O=C1OC(n2cc(F)c(=O)[nH]c2=O)c2ccccc21. The van der Waals surface area contributed by atoms with Crippen LogP contribution in [0.15, 0.2) is 40.1 Å². The molecule has 0 saturated carbocycles.